The Balaban J connectivity index is 2.81. The van der Waals surface area contributed by atoms with Crippen molar-refractivity contribution in [1.82, 2.24) is 0 Å². The predicted molar refractivity (Wildman–Crippen MR) is 102 cm³/mol. The van der Waals surface area contributed by atoms with Gasteiger partial charge in [-0.2, -0.15) is 0 Å². The molecule has 22 heavy (non-hydrogen) atoms. The molecule has 2 rings (SSSR count). The molecule has 0 N–H and O–H groups in total. The van der Waals surface area contributed by atoms with Crippen LogP contribution in [-0.2, 0) is 0 Å². The van der Waals surface area contributed by atoms with E-state index in [0.29, 0.717) is 0 Å². The van der Waals surface area contributed by atoms with Crippen molar-refractivity contribution in [3.05, 3.63) is 57.6 Å². The van der Waals surface area contributed by atoms with Crippen LogP contribution in [0.25, 0.3) is 0 Å². The second kappa shape index (κ2) is 6.99. The second-order valence-electron chi connectivity index (χ2n) is 6.18. The Labute approximate surface area is 150 Å². The average molecular weight is 396 g/mol. The zero-order valence-electron chi connectivity index (χ0n) is 15.1. The van der Waals surface area contributed by atoms with Gasteiger partial charge in [-0.3, -0.25) is 0 Å². The summed E-state index contributed by atoms with van der Waals surface area (Å²) in [4.78, 5) is 0. The molecule has 0 saturated carbocycles. The van der Waals surface area contributed by atoms with Crippen LogP contribution in [0.2, 0.25) is 0 Å². The molecule has 117 valence electrons. The molecule has 0 spiro atoms. The zero-order chi connectivity index (χ0) is 17.5. The quantitative estimate of drug-likeness (QED) is 0.530. The van der Waals surface area contributed by atoms with Crippen molar-refractivity contribution in [2.75, 3.05) is 0 Å². The van der Waals surface area contributed by atoms with Crippen LogP contribution in [0, 0.1) is 41.5 Å². The zero-order valence-corrected chi connectivity index (χ0v) is 17.7. The fourth-order valence-corrected chi connectivity index (χ4v) is 10.7. The van der Waals surface area contributed by atoms with Gasteiger partial charge in [0.15, 0.2) is 0 Å². The normalized spacial score (nSPS) is 12.7. The Bertz CT molecular complexity index is 644. The summed E-state index contributed by atoms with van der Waals surface area (Å²) in [5.41, 5.74) is 7.28. The van der Waals surface area contributed by atoms with Gasteiger partial charge in [-0.15, -0.1) is 0 Å². The van der Waals surface area contributed by atoms with Gasteiger partial charge in [0.25, 0.3) is 0 Å². The van der Waals surface area contributed by atoms with E-state index in [0.717, 1.165) is 0 Å². The second-order valence-corrected chi connectivity index (χ2v) is 13.2. The molecule has 2 aromatic rings. The standard InChI is InChI=1S/C19H23Cl2Ge/c1-11-7-13(3)17(14(4)8-11)22(19(20)21)18-15(5)9-12(2)10-16(18)6/h7-10,19H,1-6H3/i19D. The predicted octanol–water partition coefficient (Wildman–Crippen LogP) is 4.49. The number of benzene rings is 2. The first kappa shape index (κ1) is 16.4. The van der Waals surface area contributed by atoms with E-state index in [2.05, 4.69) is 65.8 Å². The van der Waals surface area contributed by atoms with Crippen LogP contribution in [0.4, 0.5) is 0 Å². The molecule has 2 aromatic carbocycles. The summed E-state index contributed by atoms with van der Waals surface area (Å²) in [7, 11) is 0. The van der Waals surface area contributed by atoms with Crippen molar-refractivity contribution in [3.8, 4) is 0 Å². The third-order valence-electron chi connectivity index (χ3n) is 4.04. The molecule has 0 aromatic heterocycles. The SMILES string of the molecule is [2H][C](Cl)(Cl)[Ge]([c]1c(C)cc(C)cc1C)[c]1c(C)cc(C)cc1C. The van der Waals surface area contributed by atoms with Gasteiger partial charge in [0, 0.05) is 0 Å². The van der Waals surface area contributed by atoms with E-state index < -0.39 is 18.0 Å². The number of halogens is 2. The van der Waals surface area contributed by atoms with E-state index in [1.54, 1.807) is 0 Å². The minimum atomic E-state index is -2.49. The molecule has 0 aliphatic rings. The Morgan fingerprint density at radius 3 is 1.23 bits per heavy atom. The Kier molecular flexibility index (Phi) is 5.21. The van der Waals surface area contributed by atoms with E-state index in [1.807, 2.05) is 0 Å². The number of aryl methyl sites for hydroxylation is 6. The van der Waals surface area contributed by atoms with E-state index in [-0.39, 0.29) is 0 Å². The summed E-state index contributed by atoms with van der Waals surface area (Å²) in [6, 6.07) is 8.70. The molecule has 0 aliphatic carbocycles. The number of rotatable bonds is 3. The number of alkyl halides is 2. The van der Waals surface area contributed by atoms with Gasteiger partial charge >= 0.3 is 151 Å². The summed E-state index contributed by atoms with van der Waals surface area (Å²) in [6.07, 6.45) is 0. The van der Waals surface area contributed by atoms with Gasteiger partial charge < -0.3 is 0 Å². The fourth-order valence-electron chi connectivity index (χ4n) is 3.46. The molecule has 0 amide bonds. The van der Waals surface area contributed by atoms with Crippen LogP contribution in [0.15, 0.2) is 24.3 Å². The van der Waals surface area contributed by atoms with Crippen molar-refractivity contribution >= 4 is 46.3 Å². The molecule has 0 bridgehead atoms. The van der Waals surface area contributed by atoms with Gasteiger partial charge in [-0.1, -0.05) is 0 Å². The first-order chi connectivity index (χ1) is 10.5. The molecule has 0 nitrogen and oxygen atoms in total. The van der Waals surface area contributed by atoms with E-state index in [4.69, 9.17) is 24.6 Å². The van der Waals surface area contributed by atoms with Crippen LogP contribution in [0.3, 0.4) is 0 Å². The molecular weight excluding hydrogens is 372 g/mol. The summed E-state index contributed by atoms with van der Waals surface area (Å²) < 4.78 is 9.46. The maximum absolute atomic E-state index is 8.46. The molecule has 0 fully saturated rings. The average Bonchev–Trinajstić information content (AvgIpc) is 2.33. The molecule has 0 atom stereocenters. The van der Waals surface area contributed by atoms with Crippen LogP contribution in [0.5, 0.6) is 0 Å². The molecule has 0 unspecified atom stereocenters. The van der Waals surface area contributed by atoms with Crippen LogP contribution >= 0.6 is 23.2 Å². The summed E-state index contributed by atoms with van der Waals surface area (Å²) in [6.45, 7) is 12.6. The molecule has 3 heteroatoms. The summed E-state index contributed by atoms with van der Waals surface area (Å²) in [5.74, 6) is 0. The van der Waals surface area contributed by atoms with E-state index in [9.17, 15) is 0 Å². The van der Waals surface area contributed by atoms with Crippen molar-refractivity contribution in [2.24, 2.45) is 0 Å². The summed E-state index contributed by atoms with van der Waals surface area (Å²) in [5, 5.41) is 0. The maximum atomic E-state index is 8.46. The topological polar surface area (TPSA) is 0 Å². The van der Waals surface area contributed by atoms with Gasteiger partial charge in [0.1, 0.15) is 0 Å². The Morgan fingerprint density at radius 1 is 0.727 bits per heavy atom. The van der Waals surface area contributed by atoms with Crippen LogP contribution in [-0.4, -0.2) is 18.0 Å². The number of hydrogen-bond acceptors (Lipinski definition) is 0. The van der Waals surface area contributed by atoms with E-state index >= 15 is 0 Å². The third-order valence-corrected chi connectivity index (χ3v) is 12.2. The van der Waals surface area contributed by atoms with Crippen LogP contribution < -0.4 is 8.79 Å². The molecule has 1 radical (unpaired) electrons. The van der Waals surface area contributed by atoms with Gasteiger partial charge in [0.05, 0.1) is 0 Å². The minimum absolute atomic E-state index is 1.20. The monoisotopic (exact) mass is 396 g/mol. The van der Waals surface area contributed by atoms with Gasteiger partial charge in [0.2, 0.25) is 0 Å². The Morgan fingerprint density at radius 2 is 1.00 bits per heavy atom. The third kappa shape index (κ3) is 3.55. The van der Waals surface area contributed by atoms with Crippen molar-refractivity contribution in [3.63, 3.8) is 0 Å². The first-order valence-electron chi connectivity index (χ1n) is 7.94. The molecule has 0 heterocycles. The van der Waals surface area contributed by atoms with Crippen molar-refractivity contribution in [1.29, 1.82) is 0 Å². The first-order valence-corrected chi connectivity index (χ1v) is 11.3. The van der Waals surface area contributed by atoms with Crippen LogP contribution in [0.1, 0.15) is 34.8 Å². The Hall–Kier alpha value is -0.437. The summed E-state index contributed by atoms with van der Waals surface area (Å²) >= 11 is 10.4. The number of hydrogen-bond donors (Lipinski definition) is 0. The molecule has 0 aliphatic heterocycles. The molecule has 0 saturated heterocycles. The van der Waals surface area contributed by atoms with E-state index in [1.165, 1.54) is 42.2 Å². The molecular formula is C19H23Cl2Ge. The van der Waals surface area contributed by atoms with Crippen molar-refractivity contribution in [2.45, 2.75) is 45.2 Å². The van der Waals surface area contributed by atoms with Gasteiger partial charge in [-0.25, -0.2) is 0 Å². The fraction of sp³-hybridized carbons (Fsp3) is 0.368. The van der Waals surface area contributed by atoms with Gasteiger partial charge in [-0.05, 0) is 0 Å². The van der Waals surface area contributed by atoms with Crippen molar-refractivity contribution < 1.29 is 1.37 Å².